The number of hydrogen-bond acceptors (Lipinski definition) is 2. The standard InChI is InChI=1S/C12H16FNO/c1-12(2)7-14-6-8-10(15-3)5-4-9(13)11(8)12/h4-5,14H,6-7H2,1-3H3. The van der Waals surface area contributed by atoms with Gasteiger partial charge in [-0.25, -0.2) is 4.39 Å². The Morgan fingerprint density at radius 1 is 1.40 bits per heavy atom. The summed E-state index contributed by atoms with van der Waals surface area (Å²) in [7, 11) is 1.62. The maximum atomic E-state index is 13.8. The van der Waals surface area contributed by atoms with E-state index in [1.165, 1.54) is 6.07 Å². The SMILES string of the molecule is COc1ccc(F)c2c1CNCC2(C)C. The van der Waals surface area contributed by atoms with Gasteiger partial charge < -0.3 is 10.1 Å². The van der Waals surface area contributed by atoms with E-state index in [0.29, 0.717) is 6.54 Å². The molecule has 0 atom stereocenters. The predicted molar refractivity (Wildman–Crippen MR) is 57.7 cm³/mol. The van der Waals surface area contributed by atoms with Gasteiger partial charge in [-0.2, -0.15) is 0 Å². The van der Waals surface area contributed by atoms with Crippen molar-refractivity contribution >= 4 is 0 Å². The molecule has 0 aromatic heterocycles. The Hall–Kier alpha value is -1.09. The van der Waals surface area contributed by atoms with Crippen LogP contribution >= 0.6 is 0 Å². The first-order valence-electron chi connectivity index (χ1n) is 5.13. The van der Waals surface area contributed by atoms with Crippen molar-refractivity contribution in [1.82, 2.24) is 5.32 Å². The molecule has 0 unspecified atom stereocenters. The monoisotopic (exact) mass is 209 g/mol. The van der Waals surface area contributed by atoms with Crippen molar-refractivity contribution in [3.8, 4) is 5.75 Å². The van der Waals surface area contributed by atoms with Crippen LogP contribution in [-0.4, -0.2) is 13.7 Å². The summed E-state index contributed by atoms with van der Waals surface area (Å²) in [4.78, 5) is 0. The Balaban J connectivity index is 2.65. The first kappa shape index (κ1) is 10.4. The third kappa shape index (κ3) is 1.61. The van der Waals surface area contributed by atoms with E-state index in [1.807, 2.05) is 13.8 Å². The molecule has 1 aliphatic heterocycles. The van der Waals surface area contributed by atoms with E-state index in [0.717, 1.165) is 23.4 Å². The Bertz CT molecular complexity index is 387. The minimum atomic E-state index is -0.174. The summed E-state index contributed by atoms with van der Waals surface area (Å²) in [5.41, 5.74) is 1.57. The highest BCUT2D eigenvalue weighted by Crippen LogP contribution is 2.36. The van der Waals surface area contributed by atoms with Crippen LogP contribution in [-0.2, 0) is 12.0 Å². The number of halogens is 1. The fraction of sp³-hybridized carbons (Fsp3) is 0.500. The highest BCUT2D eigenvalue weighted by Gasteiger charge is 2.32. The van der Waals surface area contributed by atoms with Gasteiger partial charge in [0.25, 0.3) is 0 Å². The smallest absolute Gasteiger partial charge is 0.127 e. The zero-order valence-corrected chi connectivity index (χ0v) is 9.36. The third-order valence-electron chi connectivity index (χ3n) is 2.98. The largest absolute Gasteiger partial charge is 0.496 e. The van der Waals surface area contributed by atoms with Crippen LogP contribution in [0.3, 0.4) is 0 Å². The number of benzene rings is 1. The summed E-state index contributed by atoms with van der Waals surface area (Å²) in [5, 5.41) is 3.29. The van der Waals surface area contributed by atoms with Crippen LogP contribution in [0, 0.1) is 5.82 Å². The van der Waals surface area contributed by atoms with Crippen molar-refractivity contribution in [3.63, 3.8) is 0 Å². The van der Waals surface area contributed by atoms with E-state index in [-0.39, 0.29) is 11.2 Å². The second-order valence-electron chi connectivity index (χ2n) is 4.59. The van der Waals surface area contributed by atoms with E-state index in [9.17, 15) is 4.39 Å². The first-order valence-corrected chi connectivity index (χ1v) is 5.13. The molecule has 0 fully saturated rings. The number of hydrogen-bond donors (Lipinski definition) is 1. The second-order valence-corrected chi connectivity index (χ2v) is 4.59. The molecular weight excluding hydrogens is 193 g/mol. The van der Waals surface area contributed by atoms with Gasteiger partial charge >= 0.3 is 0 Å². The summed E-state index contributed by atoms with van der Waals surface area (Å²) in [5.74, 6) is 0.643. The van der Waals surface area contributed by atoms with Crippen LogP contribution in [0.1, 0.15) is 25.0 Å². The lowest BCUT2D eigenvalue weighted by atomic mass is 9.78. The summed E-state index contributed by atoms with van der Waals surface area (Å²) < 4.78 is 19.1. The van der Waals surface area contributed by atoms with Gasteiger partial charge in [0.1, 0.15) is 11.6 Å². The molecule has 2 nitrogen and oxygen atoms in total. The predicted octanol–water partition coefficient (Wildman–Crippen LogP) is 2.22. The summed E-state index contributed by atoms with van der Waals surface area (Å²) in [6.07, 6.45) is 0. The maximum absolute atomic E-state index is 13.8. The molecule has 1 aromatic carbocycles. The van der Waals surface area contributed by atoms with Gasteiger partial charge in [0, 0.05) is 29.6 Å². The van der Waals surface area contributed by atoms with Gasteiger partial charge in [-0.1, -0.05) is 13.8 Å². The Kier molecular flexibility index (Phi) is 2.43. The lowest BCUT2D eigenvalue weighted by Gasteiger charge is -2.34. The van der Waals surface area contributed by atoms with Crippen molar-refractivity contribution in [2.24, 2.45) is 0 Å². The molecule has 0 amide bonds. The van der Waals surface area contributed by atoms with Crippen molar-refractivity contribution in [2.75, 3.05) is 13.7 Å². The van der Waals surface area contributed by atoms with E-state index < -0.39 is 0 Å². The van der Waals surface area contributed by atoms with Crippen molar-refractivity contribution in [2.45, 2.75) is 25.8 Å². The first-order chi connectivity index (χ1) is 7.06. The lowest BCUT2D eigenvalue weighted by Crippen LogP contribution is -2.39. The second kappa shape index (κ2) is 3.49. The molecule has 1 N–H and O–H groups in total. The molecule has 0 bridgehead atoms. The van der Waals surface area contributed by atoms with Gasteiger partial charge in [0.15, 0.2) is 0 Å². The Morgan fingerprint density at radius 3 is 2.80 bits per heavy atom. The number of fused-ring (bicyclic) bond motifs is 1. The molecule has 15 heavy (non-hydrogen) atoms. The van der Waals surface area contributed by atoms with Crippen LogP contribution < -0.4 is 10.1 Å². The van der Waals surface area contributed by atoms with Gasteiger partial charge in [-0.15, -0.1) is 0 Å². The number of rotatable bonds is 1. The van der Waals surface area contributed by atoms with Gasteiger partial charge in [0.2, 0.25) is 0 Å². The lowest BCUT2D eigenvalue weighted by molar-refractivity contribution is 0.373. The summed E-state index contributed by atoms with van der Waals surface area (Å²) >= 11 is 0. The van der Waals surface area contributed by atoms with E-state index in [4.69, 9.17) is 4.74 Å². The normalized spacial score (nSPS) is 18.4. The molecule has 0 spiro atoms. The fourth-order valence-electron chi connectivity index (χ4n) is 2.29. The van der Waals surface area contributed by atoms with E-state index >= 15 is 0 Å². The van der Waals surface area contributed by atoms with Gasteiger partial charge in [-0.05, 0) is 12.1 Å². The zero-order valence-electron chi connectivity index (χ0n) is 9.36. The number of methoxy groups -OCH3 is 1. The minimum absolute atomic E-state index is 0.127. The fourth-order valence-corrected chi connectivity index (χ4v) is 2.29. The van der Waals surface area contributed by atoms with Gasteiger partial charge in [-0.3, -0.25) is 0 Å². The topological polar surface area (TPSA) is 21.3 Å². The average Bonchev–Trinajstić information content (AvgIpc) is 2.17. The van der Waals surface area contributed by atoms with E-state index in [1.54, 1.807) is 13.2 Å². The van der Waals surface area contributed by atoms with Crippen LogP contribution in [0.15, 0.2) is 12.1 Å². The summed E-state index contributed by atoms with van der Waals surface area (Å²) in [6.45, 7) is 5.56. The third-order valence-corrected chi connectivity index (χ3v) is 2.98. The molecule has 3 heteroatoms. The maximum Gasteiger partial charge on any atom is 0.127 e. The number of ether oxygens (including phenoxy) is 1. The zero-order chi connectivity index (χ0) is 11.1. The summed E-state index contributed by atoms with van der Waals surface area (Å²) in [6, 6.07) is 3.18. The molecule has 1 aliphatic rings. The molecule has 0 saturated heterocycles. The molecule has 1 heterocycles. The molecule has 0 radical (unpaired) electrons. The van der Waals surface area contributed by atoms with Crippen LogP contribution in [0.25, 0.3) is 0 Å². The molecule has 0 saturated carbocycles. The quantitative estimate of drug-likeness (QED) is 0.765. The molecule has 0 aliphatic carbocycles. The minimum Gasteiger partial charge on any atom is -0.496 e. The molecule has 82 valence electrons. The van der Waals surface area contributed by atoms with Crippen LogP contribution in [0.5, 0.6) is 5.75 Å². The van der Waals surface area contributed by atoms with Crippen molar-refractivity contribution in [3.05, 3.63) is 29.1 Å². The van der Waals surface area contributed by atoms with Gasteiger partial charge in [0.05, 0.1) is 7.11 Å². The molecular formula is C12H16FNO. The van der Waals surface area contributed by atoms with Crippen molar-refractivity contribution in [1.29, 1.82) is 0 Å². The Morgan fingerprint density at radius 2 is 2.13 bits per heavy atom. The molecule has 2 rings (SSSR count). The van der Waals surface area contributed by atoms with Crippen LogP contribution in [0.2, 0.25) is 0 Å². The van der Waals surface area contributed by atoms with Crippen molar-refractivity contribution < 1.29 is 9.13 Å². The van der Waals surface area contributed by atoms with E-state index in [2.05, 4.69) is 5.32 Å². The number of nitrogens with one attached hydrogen (secondary N) is 1. The highest BCUT2D eigenvalue weighted by molar-refractivity contribution is 5.46. The average molecular weight is 209 g/mol. The van der Waals surface area contributed by atoms with Crippen LogP contribution in [0.4, 0.5) is 4.39 Å². The Labute approximate surface area is 89.4 Å². The highest BCUT2D eigenvalue weighted by atomic mass is 19.1. The molecule has 1 aromatic rings.